The van der Waals surface area contributed by atoms with Crippen LogP contribution in [0.4, 0.5) is 5.82 Å². The predicted octanol–water partition coefficient (Wildman–Crippen LogP) is -1.23. The van der Waals surface area contributed by atoms with Crippen molar-refractivity contribution in [3.63, 3.8) is 0 Å². The van der Waals surface area contributed by atoms with E-state index in [0.717, 1.165) is 0 Å². The number of aliphatic imine (C=N–C) groups is 1. The fourth-order valence-corrected chi connectivity index (χ4v) is 2.25. The molecule has 9 nitrogen and oxygen atoms in total. The molecule has 1 fully saturated rings. The van der Waals surface area contributed by atoms with E-state index >= 15 is 0 Å². The smallest absolute Gasteiger partial charge is 0.182 e. The van der Waals surface area contributed by atoms with Gasteiger partial charge in [-0.1, -0.05) is 0 Å². The van der Waals surface area contributed by atoms with Gasteiger partial charge in [-0.05, 0) is 6.72 Å². The Morgan fingerprint density at radius 1 is 1.30 bits per heavy atom. The minimum atomic E-state index is -1.19. The zero-order valence-electron chi connectivity index (χ0n) is 10.4. The van der Waals surface area contributed by atoms with Crippen molar-refractivity contribution in [3.8, 4) is 0 Å². The third-order valence-corrected chi connectivity index (χ3v) is 3.28. The molecule has 2 aromatic heterocycles. The first-order chi connectivity index (χ1) is 9.67. The van der Waals surface area contributed by atoms with E-state index in [1.54, 1.807) is 0 Å². The third kappa shape index (κ3) is 1.79. The molecule has 106 valence electrons. The lowest BCUT2D eigenvalue weighted by Crippen LogP contribution is -2.33. The molecule has 3 rings (SSSR count). The average Bonchev–Trinajstić information content (AvgIpc) is 3.01. The van der Waals surface area contributed by atoms with Crippen molar-refractivity contribution in [1.29, 1.82) is 0 Å². The molecule has 0 aromatic carbocycles. The number of aliphatic hydroxyl groups excluding tert-OH is 3. The maximum absolute atomic E-state index is 10.0. The summed E-state index contributed by atoms with van der Waals surface area (Å²) < 4.78 is 6.89. The standard InChI is InChI=1S/C11H13N5O4/c1-12-9-6-10(14-3-13-9)16(4-15-6)11-8(19)7(18)5(2-17)20-11/h3-5,7-8,11,17-19H,1-2H2/t5-,7-,8-,11-/m1/s1. The summed E-state index contributed by atoms with van der Waals surface area (Å²) in [4.78, 5) is 15.8. The van der Waals surface area contributed by atoms with Gasteiger partial charge in [-0.3, -0.25) is 4.57 Å². The molecule has 1 aliphatic rings. The van der Waals surface area contributed by atoms with Gasteiger partial charge in [-0.15, -0.1) is 0 Å². The van der Waals surface area contributed by atoms with Gasteiger partial charge < -0.3 is 20.1 Å². The predicted molar refractivity (Wildman–Crippen MR) is 67.5 cm³/mol. The molecule has 1 aliphatic heterocycles. The number of nitrogens with zero attached hydrogens (tertiary/aromatic N) is 5. The molecule has 0 radical (unpaired) electrons. The number of hydrogen-bond donors (Lipinski definition) is 3. The van der Waals surface area contributed by atoms with Gasteiger partial charge in [0.2, 0.25) is 0 Å². The first kappa shape index (κ1) is 13.1. The molecular weight excluding hydrogens is 266 g/mol. The Hall–Kier alpha value is -1.94. The lowest BCUT2D eigenvalue weighted by Gasteiger charge is -2.16. The van der Waals surface area contributed by atoms with Crippen LogP contribution in [0.2, 0.25) is 0 Å². The van der Waals surface area contributed by atoms with E-state index in [1.165, 1.54) is 17.2 Å². The topological polar surface area (TPSA) is 126 Å². The van der Waals surface area contributed by atoms with E-state index in [-0.39, 0.29) is 0 Å². The van der Waals surface area contributed by atoms with Crippen LogP contribution in [-0.2, 0) is 4.74 Å². The molecule has 3 N–H and O–H groups in total. The summed E-state index contributed by atoms with van der Waals surface area (Å²) in [6, 6.07) is 0. The number of imidazole rings is 1. The average molecular weight is 279 g/mol. The summed E-state index contributed by atoms with van der Waals surface area (Å²) in [5, 5.41) is 28.9. The first-order valence-electron chi connectivity index (χ1n) is 5.94. The first-order valence-corrected chi connectivity index (χ1v) is 5.94. The van der Waals surface area contributed by atoms with E-state index in [0.29, 0.717) is 17.0 Å². The highest BCUT2D eigenvalue weighted by Gasteiger charge is 2.43. The van der Waals surface area contributed by atoms with Crippen LogP contribution in [-0.4, -0.2) is 66.5 Å². The van der Waals surface area contributed by atoms with Crippen LogP contribution in [0.15, 0.2) is 17.6 Å². The molecule has 0 unspecified atom stereocenters. The zero-order chi connectivity index (χ0) is 14.3. The van der Waals surface area contributed by atoms with Crippen LogP contribution in [0.1, 0.15) is 6.23 Å². The van der Waals surface area contributed by atoms with Crippen molar-refractivity contribution in [2.75, 3.05) is 6.61 Å². The molecular formula is C11H13N5O4. The SMILES string of the molecule is C=Nc1ncnc2c1ncn2[C@@H]1O[C@H](CO)[C@@H](O)[C@H]1O. The molecule has 9 heteroatoms. The second-order valence-electron chi connectivity index (χ2n) is 4.41. The summed E-state index contributed by atoms with van der Waals surface area (Å²) in [7, 11) is 0. The third-order valence-electron chi connectivity index (χ3n) is 3.28. The minimum absolute atomic E-state index is 0.320. The van der Waals surface area contributed by atoms with Gasteiger partial charge in [0, 0.05) is 0 Å². The lowest BCUT2D eigenvalue weighted by molar-refractivity contribution is -0.0511. The van der Waals surface area contributed by atoms with Crippen LogP contribution in [0.5, 0.6) is 0 Å². The summed E-state index contributed by atoms with van der Waals surface area (Å²) in [5.74, 6) is 0.320. The molecule has 3 heterocycles. The van der Waals surface area contributed by atoms with E-state index in [9.17, 15) is 10.2 Å². The maximum atomic E-state index is 10.0. The monoisotopic (exact) mass is 279 g/mol. The van der Waals surface area contributed by atoms with Gasteiger partial charge in [0.25, 0.3) is 0 Å². The van der Waals surface area contributed by atoms with E-state index in [1.807, 2.05) is 0 Å². The number of aromatic nitrogens is 4. The van der Waals surface area contributed by atoms with Crippen LogP contribution in [0.3, 0.4) is 0 Å². The van der Waals surface area contributed by atoms with Gasteiger partial charge in [-0.2, -0.15) is 0 Å². The van der Waals surface area contributed by atoms with Gasteiger partial charge >= 0.3 is 0 Å². The number of ether oxygens (including phenoxy) is 1. The molecule has 0 bridgehead atoms. The number of aliphatic hydroxyl groups is 3. The highest BCUT2D eigenvalue weighted by Crippen LogP contribution is 2.32. The zero-order valence-corrected chi connectivity index (χ0v) is 10.4. The molecule has 0 saturated carbocycles. The van der Waals surface area contributed by atoms with Gasteiger partial charge in [0.1, 0.15) is 24.6 Å². The second kappa shape index (κ2) is 4.87. The van der Waals surface area contributed by atoms with Crippen LogP contribution in [0.25, 0.3) is 11.2 Å². The van der Waals surface area contributed by atoms with Gasteiger partial charge in [-0.25, -0.2) is 19.9 Å². The van der Waals surface area contributed by atoms with Crippen LogP contribution in [0, 0.1) is 0 Å². The van der Waals surface area contributed by atoms with Crippen molar-refractivity contribution in [1.82, 2.24) is 19.5 Å². The van der Waals surface area contributed by atoms with Crippen molar-refractivity contribution in [2.24, 2.45) is 4.99 Å². The highest BCUT2D eigenvalue weighted by atomic mass is 16.6. The maximum Gasteiger partial charge on any atom is 0.182 e. The largest absolute Gasteiger partial charge is 0.394 e. The van der Waals surface area contributed by atoms with Crippen molar-refractivity contribution in [3.05, 3.63) is 12.7 Å². The van der Waals surface area contributed by atoms with Crippen LogP contribution < -0.4 is 0 Å². The molecule has 2 aromatic rings. The van der Waals surface area contributed by atoms with Crippen molar-refractivity contribution < 1.29 is 20.1 Å². The van der Waals surface area contributed by atoms with E-state index < -0.39 is 31.1 Å². The quantitative estimate of drug-likeness (QED) is 0.600. The highest BCUT2D eigenvalue weighted by molar-refractivity contribution is 5.81. The van der Waals surface area contributed by atoms with Crippen molar-refractivity contribution >= 4 is 23.7 Å². The second-order valence-corrected chi connectivity index (χ2v) is 4.41. The van der Waals surface area contributed by atoms with E-state index in [2.05, 4.69) is 26.7 Å². The molecule has 1 saturated heterocycles. The number of hydrogen-bond acceptors (Lipinski definition) is 8. The van der Waals surface area contributed by atoms with Crippen molar-refractivity contribution in [2.45, 2.75) is 24.5 Å². The normalized spacial score (nSPS) is 29.9. The van der Waals surface area contributed by atoms with E-state index in [4.69, 9.17) is 9.84 Å². The van der Waals surface area contributed by atoms with Crippen LogP contribution >= 0.6 is 0 Å². The number of rotatable bonds is 3. The van der Waals surface area contributed by atoms with Gasteiger partial charge in [0.15, 0.2) is 23.2 Å². The fraction of sp³-hybridized carbons (Fsp3) is 0.455. The Morgan fingerprint density at radius 3 is 2.75 bits per heavy atom. The molecule has 20 heavy (non-hydrogen) atoms. The summed E-state index contributed by atoms with van der Waals surface area (Å²) in [5.41, 5.74) is 0.817. The van der Waals surface area contributed by atoms with Gasteiger partial charge in [0.05, 0.1) is 12.9 Å². The molecule has 0 spiro atoms. The summed E-state index contributed by atoms with van der Waals surface area (Å²) in [6.07, 6.45) is -1.41. The Balaban J connectivity index is 2.05. The minimum Gasteiger partial charge on any atom is -0.394 e. The Kier molecular flexibility index (Phi) is 3.18. The Bertz CT molecular complexity index is 645. The summed E-state index contributed by atoms with van der Waals surface area (Å²) >= 11 is 0. The fourth-order valence-electron chi connectivity index (χ4n) is 2.25. The lowest BCUT2D eigenvalue weighted by atomic mass is 10.1. The summed E-state index contributed by atoms with van der Waals surface area (Å²) in [6.45, 7) is 3.00. The molecule has 0 aliphatic carbocycles. The Morgan fingerprint density at radius 2 is 2.10 bits per heavy atom. The Labute approximate surface area is 113 Å². The number of fused-ring (bicyclic) bond motifs is 1. The molecule has 0 amide bonds. The molecule has 4 atom stereocenters.